The molecule has 1 aliphatic heterocycles. The van der Waals surface area contributed by atoms with Crippen LogP contribution in [0.3, 0.4) is 0 Å². The van der Waals surface area contributed by atoms with E-state index in [0.717, 1.165) is 12.0 Å². The molecule has 10 heteroatoms. The van der Waals surface area contributed by atoms with Gasteiger partial charge in [0.1, 0.15) is 6.04 Å². The van der Waals surface area contributed by atoms with Crippen LogP contribution in [0.1, 0.15) is 91.6 Å². The number of nitrogens with one attached hydrogen (secondary N) is 2. The summed E-state index contributed by atoms with van der Waals surface area (Å²) in [4.78, 5) is 41.5. The molecular formula is C35H62N2O6Si2. The molecule has 0 saturated carbocycles. The molecule has 1 heterocycles. The second-order valence-corrected chi connectivity index (χ2v) is 26.4. The lowest BCUT2D eigenvalue weighted by Gasteiger charge is -2.37. The van der Waals surface area contributed by atoms with E-state index in [1.807, 2.05) is 32.0 Å². The Balaban J connectivity index is 2.32. The van der Waals surface area contributed by atoms with Crippen LogP contribution >= 0.6 is 0 Å². The molecule has 2 rings (SSSR count). The highest BCUT2D eigenvalue weighted by Gasteiger charge is 2.56. The number of carbonyl (C=O) groups excluding carboxylic acids is 3. The molecule has 1 saturated heterocycles. The van der Waals surface area contributed by atoms with E-state index in [1.54, 1.807) is 6.07 Å². The fraction of sp³-hybridized carbons (Fsp3) is 0.743. The maximum atomic E-state index is 14.0. The number of benzene rings is 1. The van der Waals surface area contributed by atoms with Gasteiger partial charge in [-0.1, -0.05) is 81.4 Å². The lowest BCUT2D eigenvalue weighted by molar-refractivity contribution is -0.133. The summed E-state index contributed by atoms with van der Waals surface area (Å²) < 4.78 is 18.6. The number of amides is 2. The fourth-order valence-corrected chi connectivity index (χ4v) is 6.48. The van der Waals surface area contributed by atoms with Crippen LogP contribution in [0, 0.1) is 11.8 Å². The molecule has 0 bridgehead atoms. The number of Topliss-reactive ketones (excluding diaryl/α,β-unsaturated/α-hetero) is 1. The van der Waals surface area contributed by atoms with Gasteiger partial charge in [-0.3, -0.25) is 14.4 Å². The minimum Gasteiger partial charge on any atom is -0.414 e. The van der Waals surface area contributed by atoms with E-state index in [1.165, 1.54) is 0 Å². The van der Waals surface area contributed by atoms with Gasteiger partial charge < -0.3 is 24.2 Å². The summed E-state index contributed by atoms with van der Waals surface area (Å²) in [7, 11) is -4.38. The van der Waals surface area contributed by atoms with Crippen molar-refractivity contribution in [3.63, 3.8) is 0 Å². The van der Waals surface area contributed by atoms with E-state index < -0.39 is 40.2 Å². The average molecular weight is 663 g/mol. The van der Waals surface area contributed by atoms with E-state index in [9.17, 15) is 14.4 Å². The number of hydrogen-bond acceptors (Lipinski definition) is 6. The molecule has 256 valence electrons. The second-order valence-electron chi connectivity index (χ2n) is 16.8. The van der Waals surface area contributed by atoms with Gasteiger partial charge in [0, 0.05) is 5.56 Å². The number of carbonyl (C=O) groups is 3. The summed E-state index contributed by atoms with van der Waals surface area (Å²) in [5.74, 6) is -0.394. The van der Waals surface area contributed by atoms with Crippen LogP contribution in [-0.2, 0) is 29.6 Å². The van der Waals surface area contributed by atoms with E-state index >= 15 is 0 Å². The molecule has 0 spiro atoms. The van der Waals surface area contributed by atoms with Crippen LogP contribution in [0.4, 0.5) is 0 Å². The van der Waals surface area contributed by atoms with Gasteiger partial charge >= 0.3 is 0 Å². The van der Waals surface area contributed by atoms with Gasteiger partial charge in [-0.2, -0.15) is 0 Å². The lowest BCUT2D eigenvalue weighted by Crippen LogP contribution is -2.57. The van der Waals surface area contributed by atoms with E-state index in [-0.39, 0.29) is 47.5 Å². The van der Waals surface area contributed by atoms with Gasteiger partial charge in [0.05, 0.1) is 25.9 Å². The summed E-state index contributed by atoms with van der Waals surface area (Å²) in [6, 6.07) is 5.73. The van der Waals surface area contributed by atoms with Crippen molar-refractivity contribution in [2.45, 2.75) is 136 Å². The zero-order valence-corrected chi connectivity index (χ0v) is 32.6. The molecule has 8 nitrogen and oxygen atoms in total. The van der Waals surface area contributed by atoms with Crippen molar-refractivity contribution in [1.29, 1.82) is 0 Å². The summed E-state index contributed by atoms with van der Waals surface area (Å²) >= 11 is 0. The molecule has 1 aromatic carbocycles. The number of hydrogen-bond donors (Lipinski definition) is 2. The summed E-state index contributed by atoms with van der Waals surface area (Å²) in [6.07, 6.45) is 1.29. The number of epoxide rings is 1. The van der Waals surface area contributed by atoms with E-state index in [0.29, 0.717) is 17.9 Å². The van der Waals surface area contributed by atoms with Crippen molar-refractivity contribution in [2.75, 3.05) is 19.8 Å². The van der Waals surface area contributed by atoms with E-state index in [4.69, 9.17) is 13.6 Å². The molecule has 2 amide bonds. The number of ether oxygens (including phenoxy) is 1. The van der Waals surface area contributed by atoms with Gasteiger partial charge in [0.15, 0.2) is 28.0 Å². The standard InChI is InChI=1S/C35H62N2O6Si2/c1-24(2)18-26-16-15-17-27(20-26)31(39)37-29(21-42-44(11,12)33(5,6)7)32(40)36-28(19-25(3)4)30(38)35(22-41-35)23-43-45(13,14)34(8,9)10/h15-17,20,24-25,28-29H,18-19,21-23H2,1-14H3,(H,36,40)(H,37,39)/t28?,29-,35?/m0/s1. The predicted octanol–water partition coefficient (Wildman–Crippen LogP) is 6.90. The molecule has 1 fully saturated rings. The smallest absolute Gasteiger partial charge is 0.252 e. The highest BCUT2D eigenvalue weighted by Crippen LogP contribution is 2.40. The predicted molar refractivity (Wildman–Crippen MR) is 188 cm³/mol. The number of rotatable bonds is 16. The Morgan fingerprint density at radius 2 is 1.42 bits per heavy atom. The van der Waals surface area contributed by atoms with Crippen LogP contribution in [0.15, 0.2) is 24.3 Å². The Labute approximate surface area is 275 Å². The lowest BCUT2D eigenvalue weighted by atomic mass is 9.92. The summed E-state index contributed by atoms with van der Waals surface area (Å²) in [5.41, 5.74) is 0.491. The largest absolute Gasteiger partial charge is 0.414 e. The van der Waals surface area contributed by atoms with Crippen molar-refractivity contribution in [3.8, 4) is 0 Å². The van der Waals surface area contributed by atoms with E-state index in [2.05, 4.69) is 92.2 Å². The molecule has 0 aliphatic carbocycles. The van der Waals surface area contributed by atoms with Crippen molar-refractivity contribution >= 4 is 34.2 Å². The topological polar surface area (TPSA) is 106 Å². The zero-order valence-electron chi connectivity index (χ0n) is 30.6. The Hall–Kier alpha value is -1.86. The quantitative estimate of drug-likeness (QED) is 0.147. The SMILES string of the molecule is CC(C)Cc1cccc(C(=O)N[C@@H](CO[Si](C)(C)C(C)(C)C)C(=O)NC(CC(C)C)C(=O)C2(CO[Si](C)(C)C(C)(C)C)CO2)c1. The first kappa shape index (κ1) is 39.3. The molecule has 1 aromatic rings. The average Bonchev–Trinajstić information content (AvgIpc) is 3.68. The third kappa shape index (κ3) is 11.1. The maximum Gasteiger partial charge on any atom is 0.252 e. The first-order valence-corrected chi connectivity index (χ1v) is 22.4. The minimum absolute atomic E-state index is 0.0123. The molecule has 0 aromatic heterocycles. The van der Waals surface area contributed by atoms with Crippen LogP contribution in [0.2, 0.25) is 36.3 Å². The van der Waals surface area contributed by atoms with Crippen LogP contribution < -0.4 is 10.6 Å². The fourth-order valence-electron chi connectivity index (χ4n) is 4.43. The number of ketones is 1. The Morgan fingerprint density at radius 1 is 0.867 bits per heavy atom. The van der Waals surface area contributed by atoms with Crippen LogP contribution in [0.5, 0.6) is 0 Å². The monoisotopic (exact) mass is 662 g/mol. The van der Waals surface area contributed by atoms with Gasteiger partial charge in [-0.25, -0.2) is 0 Å². The molecule has 45 heavy (non-hydrogen) atoms. The zero-order chi connectivity index (χ0) is 34.6. The first-order valence-electron chi connectivity index (χ1n) is 16.6. The molecule has 2 N–H and O–H groups in total. The van der Waals surface area contributed by atoms with Gasteiger partial charge in [-0.05, 0) is 78.6 Å². The first-order chi connectivity index (χ1) is 20.4. The Bertz CT molecular complexity index is 1180. The molecular weight excluding hydrogens is 601 g/mol. The summed E-state index contributed by atoms with van der Waals surface area (Å²) in [6.45, 7) is 30.1. The minimum atomic E-state index is -2.25. The van der Waals surface area contributed by atoms with Crippen LogP contribution in [-0.4, -0.2) is 71.7 Å². The third-order valence-electron chi connectivity index (χ3n) is 9.63. The molecule has 0 radical (unpaired) electrons. The second kappa shape index (κ2) is 14.9. The molecule has 2 unspecified atom stereocenters. The Morgan fingerprint density at radius 3 is 1.91 bits per heavy atom. The Kier molecular flexibility index (Phi) is 13.0. The van der Waals surface area contributed by atoms with Crippen molar-refractivity contribution in [2.24, 2.45) is 11.8 Å². The van der Waals surface area contributed by atoms with Crippen molar-refractivity contribution in [1.82, 2.24) is 10.6 Å². The molecule has 1 aliphatic rings. The summed E-state index contributed by atoms with van der Waals surface area (Å²) in [5, 5.41) is 5.84. The van der Waals surface area contributed by atoms with Gasteiger partial charge in [0.2, 0.25) is 5.91 Å². The van der Waals surface area contributed by atoms with Gasteiger partial charge in [-0.15, -0.1) is 0 Å². The normalized spacial score (nSPS) is 18.9. The maximum absolute atomic E-state index is 14.0. The highest BCUT2D eigenvalue weighted by atomic mass is 28.4. The van der Waals surface area contributed by atoms with Crippen molar-refractivity contribution < 1.29 is 28.0 Å². The van der Waals surface area contributed by atoms with Gasteiger partial charge in [0.25, 0.3) is 5.91 Å². The van der Waals surface area contributed by atoms with Crippen LogP contribution in [0.25, 0.3) is 0 Å². The highest BCUT2D eigenvalue weighted by molar-refractivity contribution is 6.74. The third-order valence-corrected chi connectivity index (χ3v) is 18.6. The van der Waals surface area contributed by atoms with Crippen molar-refractivity contribution in [3.05, 3.63) is 35.4 Å². The molecule has 3 atom stereocenters.